The van der Waals surface area contributed by atoms with Gasteiger partial charge in [0.2, 0.25) is 0 Å². The van der Waals surface area contributed by atoms with Crippen molar-refractivity contribution >= 4 is 5.69 Å². The highest BCUT2D eigenvalue weighted by molar-refractivity contribution is 5.52. The highest BCUT2D eigenvalue weighted by Gasteiger charge is 2.29. The highest BCUT2D eigenvalue weighted by Crippen LogP contribution is 2.31. The minimum absolute atomic E-state index is 0.250. The average molecular weight is 339 g/mol. The number of aliphatic hydroxyl groups excluding tert-OH is 1. The number of hydrogen-bond donors (Lipinski definition) is 2. The normalized spacial score (nSPS) is 17.8. The van der Waals surface area contributed by atoms with Crippen LogP contribution in [-0.4, -0.2) is 29.9 Å². The molecule has 1 heterocycles. The maximum absolute atomic E-state index is 13.1. The topological polar surface area (TPSA) is 43.7 Å². The number of halogens is 1. The fraction of sp³-hybridized carbons (Fsp3) is 0.333. The van der Waals surface area contributed by atoms with Crippen LogP contribution in [0.25, 0.3) is 0 Å². The van der Waals surface area contributed by atoms with Gasteiger partial charge in [-0.1, -0.05) is 30.2 Å². The second-order valence-corrected chi connectivity index (χ2v) is 6.52. The Balaban J connectivity index is 1.81. The molecule has 2 aromatic carbocycles. The smallest absolute Gasteiger partial charge is 0.176 e. The van der Waals surface area contributed by atoms with Gasteiger partial charge in [0, 0.05) is 36.5 Å². The molecule has 1 atom stereocenters. The van der Waals surface area contributed by atoms with Gasteiger partial charge < -0.3 is 15.1 Å². The first-order valence-corrected chi connectivity index (χ1v) is 8.49. The standard InChI is InChI=1S/C21H22FNO2/c1-2-21(25,17-3-7-19(22)8-4-17)18-5-9-20(10-6-18)23-13-11-16(15-24)12-14-23/h1,3-10,16,24-25H,11-15H2. The largest absolute Gasteiger partial charge is 0.396 e. The second kappa shape index (κ2) is 7.26. The van der Waals surface area contributed by atoms with Crippen LogP contribution >= 0.6 is 0 Å². The Hall–Kier alpha value is -2.35. The summed E-state index contributed by atoms with van der Waals surface area (Å²) < 4.78 is 13.1. The number of anilines is 1. The Morgan fingerprint density at radius 3 is 2.04 bits per heavy atom. The number of aliphatic hydroxyl groups is 2. The van der Waals surface area contributed by atoms with E-state index in [0.29, 0.717) is 17.0 Å². The molecule has 0 amide bonds. The number of hydrogen-bond acceptors (Lipinski definition) is 3. The van der Waals surface area contributed by atoms with Gasteiger partial charge in [-0.25, -0.2) is 4.39 Å². The van der Waals surface area contributed by atoms with Gasteiger partial charge in [-0.3, -0.25) is 0 Å². The average Bonchev–Trinajstić information content (AvgIpc) is 2.68. The van der Waals surface area contributed by atoms with Gasteiger partial charge in [0.05, 0.1) is 0 Å². The zero-order valence-corrected chi connectivity index (χ0v) is 14.0. The Kier molecular flexibility index (Phi) is 5.08. The first-order chi connectivity index (χ1) is 12.1. The summed E-state index contributed by atoms with van der Waals surface area (Å²) >= 11 is 0. The van der Waals surface area contributed by atoms with E-state index in [1.54, 1.807) is 0 Å². The molecular weight excluding hydrogens is 317 g/mol. The molecule has 0 saturated carbocycles. The first kappa shape index (κ1) is 17.5. The van der Waals surface area contributed by atoms with Crippen molar-refractivity contribution in [1.82, 2.24) is 0 Å². The Morgan fingerprint density at radius 2 is 1.56 bits per heavy atom. The van der Waals surface area contributed by atoms with E-state index in [4.69, 9.17) is 6.42 Å². The molecular formula is C21H22FNO2. The summed E-state index contributed by atoms with van der Waals surface area (Å²) in [5.74, 6) is 2.45. The van der Waals surface area contributed by atoms with E-state index in [2.05, 4.69) is 10.8 Å². The van der Waals surface area contributed by atoms with Gasteiger partial charge >= 0.3 is 0 Å². The quantitative estimate of drug-likeness (QED) is 0.842. The summed E-state index contributed by atoms with van der Waals surface area (Å²) in [6.45, 7) is 2.06. The number of piperidine rings is 1. The zero-order valence-electron chi connectivity index (χ0n) is 14.0. The SMILES string of the molecule is C#CC(O)(c1ccc(F)cc1)c1ccc(N2CCC(CO)CC2)cc1. The molecule has 3 rings (SSSR count). The van der Waals surface area contributed by atoms with Gasteiger partial charge in [-0.05, 0) is 43.0 Å². The summed E-state index contributed by atoms with van der Waals surface area (Å²) in [4.78, 5) is 2.27. The molecule has 0 radical (unpaired) electrons. The summed E-state index contributed by atoms with van der Waals surface area (Å²) in [6, 6.07) is 13.1. The molecule has 0 spiro atoms. The predicted octanol–water partition coefficient (Wildman–Crippen LogP) is 2.90. The minimum Gasteiger partial charge on any atom is -0.396 e. The number of rotatable bonds is 4. The van der Waals surface area contributed by atoms with Crippen LogP contribution < -0.4 is 4.90 Å². The molecule has 1 aliphatic heterocycles. The van der Waals surface area contributed by atoms with E-state index in [0.717, 1.165) is 31.6 Å². The molecule has 25 heavy (non-hydrogen) atoms. The van der Waals surface area contributed by atoms with Crippen LogP contribution in [0.1, 0.15) is 24.0 Å². The molecule has 1 unspecified atom stereocenters. The van der Waals surface area contributed by atoms with Gasteiger partial charge in [0.25, 0.3) is 0 Å². The van der Waals surface area contributed by atoms with E-state index in [1.807, 2.05) is 24.3 Å². The molecule has 4 heteroatoms. The van der Waals surface area contributed by atoms with Crippen molar-refractivity contribution in [3.05, 3.63) is 65.5 Å². The molecule has 3 nitrogen and oxygen atoms in total. The van der Waals surface area contributed by atoms with Crippen LogP contribution in [0, 0.1) is 24.1 Å². The van der Waals surface area contributed by atoms with Crippen LogP contribution in [0.15, 0.2) is 48.5 Å². The molecule has 0 aliphatic carbocycles. The van der Waals surface area contributed by atoms with Crippen molar-refractivity contribution in [2.45, 2.75) is 18.4 Å². The molecule has 2 N–H and O–H groups in total. The lowest BCUT2D eigenvalue weighted by Crippen LogP contribution is -2.34. The van der Waals surface area contributed by atoms with Crippen molar-refractivity contribution in [2.24, 2.45) is 5.92 Å². The molecule has 1 saturated heterocycles. The molecule has 0 bridgehead atoms. The zero-order chi connectivity index (χ0) is 17.9. The third kappa shape index (κ3) is 3.53. The van der Waals surface area contributed by atoms with E-state index < -0.39 is 5.60 Å². The van der Waals surface area contributed by atoms with Gasteiger partial charge in [-0.15, -0.1) is 6.42 Å². The number of benzene rings is 2. The van der Waals surface area contributed by atoms with Crippen molar-refractivity contribution in [1.29, 1.82) is 0 Å². The summed E-state index contributed by atoms with van der Waals surface area (Å²) in [6.07, 6.45) is 7.54. The predicted molar refractivity (Wildman–Crippen MR) is 96.7 cm³/mol. The lowest BCUT2D eigenvalue weighted by atomic mass is 9.87. The third-order valence-corrected chi connectivity index (χ3v) is 4.99. The van der Waals surface area contributed by atoms with E-state index in [-0.39, 0.29) is 12.4 Å². The first-order valence-electron chi connectivity index (χ1n) is 8.49. The van der Waals surface area contributed by atoms with Crippen molar-refractivity contribution < 1.29 is 14.6 Å². The lowest BCUT2D eigenvalue weighted by Gasteiger charge is -2.33. The van der Waals surface area contributed by atoms with Crippen LogP contribution in [-0.2, 0) is 5.60 Å². The fourth-order valence-electron chi connectivity index (χ4n) is 3.31. The van der Waals surface area contributed by atoms with Crippen LogP contribution in [0.4, 0.5) is 10.1 Å². The van der Waals surface area contributed by atoms with Gasteiger partial charge in [-0.2, -0.15) is 0 Å². The number of nitrogens with zero attached hydrogens (tertiary/aromatic N) is 1. The maximum atomic E-state index is 13.1. The van der Waals surface area contributed by atoms with Crippen LogP contribution in [0.2, 0.25) is 0 Å². The Labute approximate surface area is 147 Å². The monoisotopic (exact) mass is 339 g/mol. The van der Waals surface area contributed by atoms with E-state index in [1.165, 1.54) is 24.3 Å². The van der Waals surface area contributed by atoms with Crippen molar-refractivity contribution in [3.8, 4) is 12.3 Å². The molecule has 0 aromatic heterocycles. The molecule has 1 fully saturated rings. The highest BCUT2D eigenvalue weighted by atomic mass is 19.1. The second-order valence-electron chi connectivity index (χ2n) is 6.52. The lowest BCUT2D eigenvalue weighted by molar-refractivity contribution is 0.145. The number of terminal acetylenes is 1. The fourth-order valence-corrected chi connectivity index (χ4v) is 3.31. The Morgan fingerprint density at radius 1 is 1.04 bits per heavy atom. The van der Waals surface area contributed by atoms with Crippen molar-refractivity contribution in [2.75, 3.05) is 24.6 Å². The minimum atomic E-state index is -1.59. The molecule has 130 valence electrons. The van der Waals surface area contributed by atoms with Crippen LogP contribution in [0.5, 0.6) is 0 Å². The van der Waals surface area contributed by atoms with E-state index in [9.17, 15) is 14.6 Å². The maximum Gasteiger partial charge on any atom is 0.176 e. The van der Waals surface area contributed by atoms with E-state index >= 15 is 0 Å². The van der Waals surface area contributed by atoms with Crippen LogP contribution in [0.3, 0.4) is 0 Å². The Bertz CT molecular complexity index is 743. The summed E-state index contributed by atoms with van der Waals surface area (Å²) in [5.41, 5.74) is 0.526. The van der Waals surface area contributed by atoms with Crippen molar-refractivity contribution in [3.63, 3.8) is 0 Å². The molecule has 2 aromatic rings. The molecule has 1 aliphatic rings. The summed E-state index contributed by atoms with van der Waals surface area (Å²) in [5, 5.41) is 20.2. The van der Waals surface area contributed by atoms with Gasteiger partial charge in [0.1, 0.15) is 5.82 Å². The summed E-state index contributed by atoms with van der Waals surface area (Å²) in [7, 11) is 0. The van der Waals surface area contributed by atoms with Gasteiger partial charge in [0.15, 0.2) is 5.60 Å². The third-order valence-electron chi connectivity index (χ3n) is 4.99.